The van der Waals surface area contributed by atoms with E-state index in [1.54, 1.807) is 4.90 Å². The van der Waals surface area contributed by atoms with Crippen molar-refractivity contribution in [2.24, 2.45) is 17.8 Å². The summed E-state index contributed by atoms with van der Waals surface area (Å²) in [6.07, 6.45) is 9.39. The lowest BCUT2D eigenvalue weighted by molar-refractivity contribution is -0.141. The number of nitrogens with one attached hydrogen (secondary N) is 2. The van der Waals surface area contributed by atoms with Crippen molar-refractivity contribution in [2.75, 3.05) is 11.9 Å². The lowest BCUT2D eigenvalue weighted by Gasteiger charge is -2.34. The molecular formula is C30H41N3O4. The van der Waals surface area contributed by atoms with Crippen LogP contribution in [-0.2, 0) is 19.1 Å². The van der Waals surface area contributed by atoms with Gasteiger partial charge in [0, 0.05) is 18.3 Å². The number of hydrogen-bond donors (Lipinski definition) is 2. The Hall–Kier alpha value is -2.67. The van der Waals surface area contributed by atoms with Crippen molar-refractivity contribution in [3.8, 4) is 0 Å². The average molecular weight is 508 g/mol. The van der Waals surface area contributed by atoms with E-state index in [-0.39, 0.29) is 23.8 Å². The monoisotopic (exact) mass is 507 g/mol. The Morgan fingerprint density at radius 3 is 2.41 bits per heavy atom. The maximum absolute atomic E-state index is 13.9. The zero-order valence-corrected chi connectivity index (χ0v) is 22.5. The summed E-state index contributed by atoms with van der Waals surface area (Å²) in [7, 11) is 0. The molecule has 7 heteroatoms. The Labute approximate surface area is 220 Å². The number of carbonyl (C=O) groups is 3. The lowest BCUT2D eigenvalue weighted by Crippen LogP contribution is -2.56. The van der Waals surface area contributed by atoms with Crippen LogP contribution < -0.4 is 10.6 Å². The van der Waals surface area contributed by atoms with Crippen molar-refractivity contribution in [3.05, 3.63) is 42.0 Å². The zero-order chi connectivity index (χ0) is 26.3. The van der Waals surface area contributed by atoms with Gasteiger partial charge in [-0.3, -0.25) is 14.4 Å². The molecule has 2 saturated heterocycles. The molecule has 3 fully saturated rings. The molecule has 2 N–H and O–H groups in total. The molecule has 3 aliphatic heterocycles. The van der Waals surface area contributed by atoms with Gasteiger partial charge in [-0.15, -0.1) is 0 Å². The fraction of sp³-hybridized carbons (Fsp3) is 0.633. The summed E-state index contributed by atoms with van der Waals surface area (Å²) >= 11 is 0. The normalized spacial score (nSPS) is 30.9. The predicted molar refractivity (Wildman–Crippen MR) is 143 cm³/mol. The fourth-order valence-corrected chi connectivity index (χ4v) is 6.61. The Morgan fingerprint density at radius 1 is 1.05 bits per heavy atom. The third-order valence-electron chi connectivity index (χ3n) is 8.67. The molecule has 1 aromatic rings. The van der Waals surface area contributed by atoms with Crippen LogP contribution in [0.4, 0.5) is 5.69 Å². The minimum Gasteiger partial charge on any atom is -0.359 e. The summed E-state index contributed by atoms with van der Waals surface area (Å²) in [4.78, 5) is 43.0. The molecule has 1 spiro atoms. The van der Waals surface area contributed by atoms with Crippen LogP contribution in [0.15, 0.2) is 36.4 Å². The number of nitrogens with zero attached hydrogens (tertiary/aromatic N) is 1. The van der Waals surface area contributed by atoms with Gasteiger partial charge in [0.1, 0.15) is 11.6 Å². The molecule has 0 unspecified atom stereocenters. The van der Waals surface area contributed by atoms with Gasteiger partial charge in [0.25, 0.3) is 0 Å². The molecule has 1 saturated carbocycles. The first-order valence-electron chi connectivity index (χ1n) is 14.1. The number of ether oxygens (including phenoxy) is 1. The van der Waals surface area contributed by atoms with Crippen molar-refractivity contribution >= 4 is 23.4 Å². The number of amides is 3. The molecule has 2 bridgehead atoms. The first-order valence-corrected chi connectivity index (χ1v) is 14.1. The Balaban J connectivity index is 1.40. The first kappa shape index (κ1) is 26.0. The smallest absolute Gasteiger partial charge is 0.246 e. The van der Waals surface area contributed by atoms with Crippen LogP contribution >= 0.6 is 0 Å². The van der Waals surface area contributed by atoms with Crippen molar-refractivity contribution in [2.45, 2.75) is 95.9 Å². The Bertz CT molecular complexity index is 1060. The number of anilines is 1. The molecule has 3 heterocycles. The molecule has 0 aromatic heterocycles. The standard InChI is InChI=1S/C30H41N3O4/c1-18(2)15-17-33-26(28(35)32-21-8-6-5-7-9-21)30-16-14-23(37-30)24(25(30)29(33)36)27(34)31-22-12-10-20(11-13-22)19(3)4/h10-14,16,18-19,21,23-26H,5-9,15,17H2,1-4H3,(H,31,34)(H,32,35)/t23-,24-,25-,26-,30+/m1/s1. The van der Waals surface area contributed by atoms with Crippen LogP contribution in [0.2, 0.25) is 0 Å². The molecule has 0 radical (unpaired) electrons. The van der Waals surface area contributed by atoms with Crippen molar-refractivity contribution in [3.63, 3.8) is 0 Å². The van der Waals surface area contributed by atoms with Crippen molar-refractivity contribution in [1.29, 1.82) is 0 Å². The number of likely N-dealkylation sites (tertiary alicyclic amines) is 1. The summed E-state index contributed by atoms with van der Waals surface area (Å²) in [6.45, 7) is 8.95. The molecule has 5 rings (SSSR count). The van der Waals surface area contributed by atoms with Gasteiger partial charge in [0.2, 0.25) is 17.7 Å². The second-order valence-corrected chi connectivity index (χ2v) is 12.0. The van der Waals surface area contributed by atoms with Crippen LogP contribution in [0.3, 0.4) is 0 Å². The maximum atomic E-state index is 13.9. The van der Waals surface area contributed by atoms with Crippen LogP contribution in [-0.4, -0.2) is 53.0 Å². The first-order chi connectivity index (χ1) is 17.7. The summed E-state index contributed by atoms with van der Waals surface area (Å²) in [5.74, 6) is -1.12. The number of fused-ring (bicyclic) bond motifs is 1. The van der Waals surface area contributed by atoms with E-state index in [9.17, 15) is 14.4 Å². The van der Waals surface area contributed by atoms with Crippen molar-refractivity contribution in [1.82, 2.24) is 10.2 Å². The number of carbonyl (C=O) groups excluding carboxylic acids is 3. The maximum Gasteiger partial charge on any atom is 0.246 e. The molecule has 1 aliphatic carbocycles. The van der Waals surface area contributed by atoms with E-state index in [2.05, 4.69) is 38.3 Å². The summed E-state index contributed by atoms with van der Waals surface area (Å²) in [6, 6.07) is 7.21. The van der Waals surface area contributed by atoms with Crippen LogP contribution in [0, 0.1) is 17.8 Å². The summed E-state index contributed by atoms with van der Waals surface area (Å²) < 4.78 is 6.44. The lowest BCUT2D eigenvalue weighted by atomic mass is 9.74. The molecule has 4 aliphatic rings. The van der Waals surface area contributed by atoms with E-state index in [1.807, 2.05) is 36.4 Å². The van der Waals surface area contributed by atoms with Crippen molar-refractivity contribution < 1.29 is 19.1 Å². The van der Waals surface area contributed by atoms with Crippen LogP contribution in [0.1, 0.15) is 77.7 Å². The predicted octanol–water partition coefficient (Wildman–Crippen LogP) is 4.39. The third-order valence-corrected chi connectivity index (χ3v) is 8.67. The van der Waals surface area contributed by atoms with E-state index >= 15 is 0 Å². The Morgan fingerprint density at radius 2 is 1.76 bits per heavy atom. The van der Waals surface area contributed by atoms with Gasteiger partial charge in [-0.05, 0) is 48.8 Å². The fourth-order valence-electron chi connectivity index (χ4n) is 6.61. The highest BCUT2D eigenvalue weighted by atomic mass is 16.5. The average Bonchev–Trinajstić information content (AvgIpc) is 3.51. The molecular weight excluding hydrogens is 466 g/mol. The van der Waals surface area contributed by atoms with E-state index in [0.29, 0.717) is 24.1 Å². The zero-order valence-electron chi connectivity index (χ0n) is 22.5. The van der Waals surface area contributed by atoms with E-state index < -0.39 is 29.6 Å². The van der Waals surface area contributed by atoms with E-state index in [1.165, 1.54) is 12.0 Å². The second-order valence-electron chi connectivity index (χ2n) is 12.0. The van der Waals surface area contributed by atoms with Crippen LogP contribution in [0.25, 0.3) is 0 Å². The molecule has 1 aromatic carbocycles. The van der Waals surface area contributed by atoms with Gasteiger partial charge in [-0.2, -0.15) is 0 Å². The highest BCUT2D eigenvalue weighted by Crippen LogP contribution is 2.55. The number of benzene rings is 1. The SMILES string of the molecule is CC(C)CCN1C(=O)[C@H]2[C@H](C(=O)Nc3ccc(C(C)C)cc3)[C@H]3C=C[C@@]2(O3)[C@H]1C(=O)NC1CCCCC1. The van der Waals surface area contributed by atoms with Gasteiger partial charge >= 0.3 is 0 Å². The van der Waals surface area contributed by atoms with E-state index in [0.717, 1.165) is 32.1 Å². The minimum atomic E-state index is -1.10. The quantitative estimate of drug-likeness (QED) is 0.511. The molecule has 200 valence electrons. The second kappa shape index (κ2) is 10.2. The molecule has 37 heavy (non-hydrogen) atoms. The summed E-state index contributed by atoms with van der Waals surface area (Å²) in [5.41, 5.74) is 0.798. The van der Waals surface area contributed by atoms with Gasteiger partial charge in [0.05, 0.1) is 17.9 Å². The van der Waals surface area contributed by atoms with Crippen LogP contribution in [0.5, 0.6) is 0 Å². The highest BCUT2D eigenvalue weighted by molar-refractivity contribution is 6.02. The minimum absolute atomic E-state index is 0.134. The van der Waals surface area contributed by atoms with Gasteiger partial charge < -0.3 is 20.3 Å². The highest BCUT2D eigenvalue weighted by Gasteiger charge is 2.72. The number of rotatable bonds is 8. The molecule has 5 atom stereocenters. The molecule has 7 nitrogen and oxygen atoms in total. The molecule has 3 amide bonds. The summed E-state index contributed by atoms with van der Waals surface area (Å²) in [5, 5.41) is 6.26. The van der Waals surface area contributed by atoms with Gasteiger partial charge in [0.15, 0.2) is 0 Å². The van der Waals surface area contributed by atoms with Gasteiger partial charge in [-0.25, -0.2) is 0 Å². The number of hydrogen-bond acceptors (Lipinski definition) is 4. The van der Waals surface area contributed by atoms with E-state index in [4.69, 9.17) is 4.74 Å². The topological polar surface area (TPSA) is 87.7 Å². The Kier molecular flexibility index (Phi) is 7.18. The third kappa shape index (κ3) is 4.71. The largest absolute Gasteiger partial charge is 0.359 e. The van der Waals surface area contributed by atoms with Gasteiger partial charge in [-0.1, -0.05) is 71.2 Å².